The Morgan fingerprint density at radius 3 is 1.20 bits per heavy atom. The number of rotatable bonds is 15. The molecule has 0 amide bonds. The summed E-state index contributed by atoms with van der Waals surface area (Å²) in [6.45, 7) is 18.2. The molecular weight excluding hydrogens is 1670 g/mol. The Morgan fingerprint density at radius 1 is 0.294 bits per heavy atom. The number of pyridine rings is 3. The summed E-state index contributed by atoms with van der Waals surface area (Å²) < 4.78 is 0. The fourth-order valence-electron chi connectivity index (χ4n) is 21.0. The van der Waals surface area contributed by atoms with Crippen molar-refractivity contribution in [1.29, 1.82) is 0 Å². The van der Waals surface area contributed by atoms with E-state index < -0.39 is 5.78 Å². The number of aromatic nitrogens is 7. The zero-order valence-electron chi connectivity index (χ0n) is 76.0. The normalized spacial score (nSPS) is 15.0. The SMILES string of the molecule is CC(C)c1cccc(C(C)C)c1N1/C(=C\C=C2\C(=O)c3cc4ccc(-c5ccc6nc7c(nc6c5)N(c5c(C(C)C)cccc5C(C)C)/C(=C\C=C5C(=O)c6cc8ccccc8cc6C5=O)N7c5c(-c6ccnc7ccccc67)cccc5-c5ccnc6ccccc56)cc4cc3C2=O)N(c2c(C3=c4ccccc4=CNC3)cccc2-c2cncc3ccccc23)c2nc3ccccc3nc21. The van der Waals surface area contributed by atoms with E-state index in [4.69, 9.17) is 34.9 Å². The predicted octanol–water partition coefficient (Wildman–Crippen LogP) is 26.5. The Morgan fingerprint density at radius 2 is 0.684 bits per heavy atom. The number of benzene rings is 14. The Balaban J connectivity index is 0.687. The highest BCUT2D eigenvalue weighted by Crippen LogP contribution is 2.59. The maximum Gasteiger partial charge on any atom is 0.197 e. The smallest absolute Gasteiger partial charge is 0.197 e. The predicted molar refractivity (Wildman–Crippen MR) is 549 cm³/mol. The lowest BCUT2D eigenvalue weighted by Crippen LogP contribution is -2.37. The summed E-state index contributed by atoms with van der Waals surface area (Å²) in [5.41, 5.74) is 22.2. The number of anilines is 8. The van der Waals surface area contributed by atoms with Crippen molar-refractivity contribution in [2.24, 2.45) is 0 Å². The van der Waals surface area contributed by atoms with E-state index in [1.165, 1.54) is 0 Å². The van der Waals surface area contributed by atoms with Crippen LogP contribution in [0, 0.1) is 0 Å². The molecule has 1 N–H and O–H groups in total. The van der Waals surface area contributed by atoms with Gasteiger partial charge in [-0.2, -0.15) is 0 Å². The van der Waals surface area contributed by atoms with Gasteiger partial charge < -0.3 is 5.32 Å². The largest absolute Gasteiger partial charge is 0.386 e. The average Bonchev–Trinajstić information content (AvgIpc) is 1.56. The molecule has 3 aliphatic heterocycles. The molecule has 0 spiro atoms. The average molecular weight is 1760 g/mol. The van der Waals surface area contributed by atoms with Crippen molar-refractivity contribution in [3.63, 3.8) is 0 Å². The van der Waals surface area contributed by atoms with Gasteiger partial charge in [0.15, 0.2) is 46.4 Å². The number of nitrogens with one attached hydrogen (secondary N) is 1. The molecule has 19 aromatic rings. The maximum absolute atomic E-state index is 16.0. The Labute approximate surface area is 784 Å². The zero-order chi connectivity index (χ0) is 92.2. The number of ketones is 4. The molecule has 0 fully saturated rings. The minimum atomic E-state index is -0.402. The van der Waals surface area contributed by atoms with Gasteiger partial charge in [-0.15, -0.1) is 0 Å². The van der Waals surface area contributed by atoms with Crippen molar-refractivity contribution in [2.75, 3.05) is 26.1 Å². The molecule has 5 aliphatic rings. The Bertz CT molecular complexity index is 8560. The number of fused-ring (bicyclic) bond motifs is 12. The fourth-order valence-corrected chi connectivity index (χ4v) is 21.0. The molecule has 652 valence electrons. The number of Topliss-reactive ketones (excluding diaryl/α,β-unsaturated/α-hetero) is 4. The lowest BCUT2D eigenvalue weighted by molar-refractivity contribution is 0.0973. The number of hydrogen-bond donors (Lipinski definition) is 1. The Hall–Kier alpha value is -17.1. The highest BCUT2D eigenvalue weighted by Gasteiger charge is 2.46. The van der Waals surface area contributed by atoms with E-state index >= 15 is 19.2 Å². The first-order chi connectivity index (χ1) is 66.5. The molecule has 136 heavy (non-hydrogen) atoms. The third kappa shape index (κ3) is 13.2. The first-order valence-corrected chi connectivity index (χ1v) is 46.4. The topological polar surface area (TPSA) is 184 Å². The molecule has 0 radical (unpaired) electrons. The monoisotopic (exact) mass is 1760 g/mol. The molecule has 5 aromatic heterocycles. The van der Waals surface area contributed by atoms with E-state index in [0.717, 1.165) is 165 Å². The van der Waals surface area contributed by atoms with Crippen LogP contribution in [0.3, 0.4) is 0 Å². The number of nitrogens with zero attached hydrogens (tertiary/aromatic N) is 11. The summed E-state index contributed by atoms with van der Waals surface area (Å²) in [6, 6.07) is 98.6. The summed E-state index contributed by atoms with van der Waals surface area (Å²) in [6.07, 6.45) is 16.9. The molecule has 16 heteroatoms. The van der Waals surface area contributed by atoms with E-state index in [1.54, 1.807) is 12.2 Å². The van der Waals surface area contributed by atoms with Gasteiger partial charge in [0.05, 0.1) is 67.0 Å². The molecule has 0 saturated carbocycles. The van der Waals surface area contributed by atoms with Crippen molar-refractivity contribution in [3.05, 3.63) is 424 Å². The molecule has 0 unspecified atom stereocenters. The second-order valence-electron chi connectivity index (χ2n) is 36.9. The van der Waals surface area contributed by atoms with Crippen molar-refractivity contribution >= 4 is 157 Å². The molecule has 8 heterocycles. The number of hydrogen-bond acceptors (Lipinski definition) is 16. The highest BCUT2D eigenvalue weighted by molar-refractivity contribution is 6.41. The molecule has 0 bridgehead atoms. The van der Waals surface area contributed by atoms with Crippen LogP contribution in [0.2, 0.25) is 0 Å². The van der Waals surface area contributed by atoms with E-state index in [-0.39, 0.29) is 52.2 Å². The van der Waals surface area contributed by atoms with Gasteiger partial charge in [-0.1, -0.05) is 268 Å². The molecule has 0 saturated heterocycles. The van der Waals surface area contributed by atoms with Crippen LogP contribution in [0.25, 0.3) is 132 Å². The van der Waals surface area contributed by atoms with E-state index in [0.29, 0.717) is 85.8 Å². The fraction of sp³-hybridized carbons (Fsp3) is 0.108. The van der Waals surface area contributed by atoms with Crippen LogP contribution in [0.15, 0.2) is 363 Å². The van der Waals surface area contributed by atoms with Gasteiger partial charge in [-0.25, -0.2) is 19.9 Å². The van der Waals surface area contributed by atoms with Crippen molar-refractivity contribution < 1.29 is 19.2 Å². The van der Waals surface area contributed by atoms with Gasteiger partial charge in [0, 0.05) is 104 Å². The zero-order valence-corrected chi connectivity index (χ0v) is 76.0. The number of allylic oxidation sites excluding steroid dienone is 6. The lowest BCUT2D eigenvalue weighted by atomic mass is 9.91. The lowest BCUT2D eigenvalue weighted by Gasteiger charge is -2.32. The molecular formula is C120H88N12O4. The van der Waals surface area contributed by atoms with E-state index in [1.807, 2.05) is 164 Å². The maximum atomic E-state index is 16.0. The van der Waals surface area contributed by atoms with Gasteiger partial charge in [0.25, 0.3) is 0 Å². The third-order valence-electron chi connectivity index (χ3n) is 27.5. The van der Waals surface area contributed by atoms with E-state index in [9.17, 15) is 0 Å². The summed E-state index contributed by atoms with van der Waals surface area (Å²) in [4.78, 5) is 109. The number of para-hydroxylation sites is 8. The summed E-state index contributed by atoms with van der Waals surface area (Å²) in [5.74, 6) is 1.84. The van der Waals surface area contributed by atoms with Gasteiger partial charge in [0.2, 0.25) is 0 Å². The van der Waals surface area contributed by atoms with Crippen LogP contribution >= 0.6 is 0 Å². The third-order valence-corrected chi connectivity index (χ3v) is 27.5. The first-order valence-electron chi connectivity index (χ1n) is 46.4. The van der Waals surface area contributed by atoms with Crippen LogP contribution in [-0.2, 0) is 0 Å². The Kier molecular flexibility index (Phi) is 19.6. The van der Waals surface area contributed by atoms with Crippen LogP contribution in [0.5, 0.6) is 0 Å². The second-order valence-corrected chi connectivity index (χ2v) is 36.9. The summed E-state index contributed by atoms with van der Waals surface area (Å²) >= 11 is 0. The number of carbonyl (C=O) groups is 4. The highest BCUT2D eigenvalue weighted by atomic mass is 16.2. The van der Waals surface area contributed by atoms with Crippen LogP contribution in [0.4, 0.5) is 46.0 Å². The molecule has 2 aliphatic carbocycles. The van der Waals surface area contributed by atoms with Gasteiger partial charge in [0.1, 0.15) is 11.6 Å². The quantitative estimate of drug-likeness (QED) is 0.0754. The molecule has 16 nitrogen and oxygen atoms in total. The summed E-state index contributed by atoms with van der Waals surface area (Å²) in [5, 5.41) is 12.9. The van der Waals surface area contributed by atoms with Gasteiger partial charge in [-0.05, 0) is 214 Å². The standard InChI is InChI=1S/C120H88N12O4/c1-67(2)79-33-21-34-80(68(3)4)109(79)129-107(132(118-117(129)125-103-43-19-20-44-104(103)126-118)112-91(99-65-121-63-76-27-11-13-29-83(76)99)39-24-40-92(112)100-66-122-64-77-28-12-14-30-84(77)100)51-49-94-115(135)97-60-74-46-45-73(57-78(74)61-98(97)116(94)136)75-47-50-105-106(62-75)128-120-119(127-105)131(111-89(85-53-55-123-101-41-17-15-31-87(85)101)37-23-38-90(111)86-54-56-124-102-42-18-16-32-88(86)102)108(130(120)110-81(69(5)6)35-22-36-82(110)70(7)8)52-48-93-113(133)95-58-71-25-9-10-26-72(71)59-96(95)114(93)134/h9-65,67-70,122H,66H2,1-8H3/b94-49-,107-51+,108-52+. The van der Waals surface area contributed by atoms with Gasteiger partial charge >= 0.3 is 0 Å². The summed E-state index contributed by atoms with van der Waals surface area (Å²) in [7, 11) is 0. The molecule has 14 aromatic carbocycles. The minimum Gasteiger partial charge on any atom is -0.386 e. The van der Waals surface area contributed by atoms with Crippen molar-refractivity contribution in [2.45, 2.75) is 79.1 Å². The van der Waals surface area contributed by atoms with Crippen LogP contribution in [-0.4, -0.2) is 64.6 Å². The molecule has 24 rings (SSSR count). The minimum absolute atomic E-state index is 0.0130. The molecule has 0 atom stereocenters. The first kappa shape index (κ1) is 82.1. The second kappa shape index (κ2) is 32.4. The van der Waals surface area contributed by atoms with Crippen LogP contribution in [0.1, 0.15) is 148 Å². The van der Waals surface area contributed by atoms with Gasteiger partial charge in [-0.3, -0.25) is 53.7 Å². The van der Waals surface area contributed by atoms with Crippen molar-refractivity contribution in [3.8, 4) is 44.5 Å². The van der Waals surface area contributed by atoms with E-state index in [2.05, 4.69) is 250 Å². The van der Waals surface area contributed by atoms with Crippen molar-refractivity contribution in [1.82, 2.24) is 40.2 Å². The number of carbonyl (C=O) groups excluding carboxylic acids is 4. The van der Waals surface area contributed by atoms with Crippen LogP contribution < -0.4 is 35.4 Å².